The number of nitrogens with zero attached hydrogens (tertiary/aromatic N) is 2. The van der Waals surface area contributed by atoms with Gasteiger partial charge in [0.05, 0.1) is 6.61 Å². The summed E-state index contributed by atoms with van der Waals surface area (Å²) >= 11 is 0. The van der Waals surface area contributed by atoms with Crippen molar-refractivity contribution in [3.05, 3.63) is 0 Å². The zero-order chi connectivity index (χ0) is 13.5. The molecule has 2 fully saturated rings. The molecule has 0 aromatic carbocycles. The first-order chi connectivity index (χ1) is 9.29. The maximum absolute atomic E-state index is 5.68. The lowest BCUT2D eigenvalue weighted by atomic mass is 10.3. The Balaban J connectivity index is 0.00000200. The van der Waals surface area contributed by atoms with Crippen LogP contribution in [0.25, 0.3) is 0 Å². The first-order valence-corrected chi connectivity index (χ1v) is 7.86. The van der Waals surface area contributed by atoms with Crippen LogP contribution in [-0.4, -0.2) is 50.8 Å². The highest BCUT2D eigenvalue weighted by atomic mass is 127. The van der Waals surface area contributed by atoms with Crippen molar-refractivity contribution < 1.29 is 4.74 Å². The second-order valence-corrected chi connectivity index (χ2v) is 5.91. The van der Waals surface area contributed by atoms with Gasteiger partial charge in [0, 0.05) is 33.3 Å². The quantitative estimate of drug-likeness (QED) is 0.282. The normalized spacial score (nSPS) is 18.6. The van der Waals surface area contributed by atoms with Crippen molar-refractivity contribution >= 4 is 29.9 Å². The molecule has 0 saturated heterocycles. The molecule has 2 aliphatic carbocycles. The van der Waals surface area contributed by atoms with Crippen molar-refractivity contribution in [2.75, 3.05) is 39.9 Å². The molecule has 0 aromatic heterocycles. The average molecular weight is 395 g/mol. The molecule has 118 valence electrons. The van der Waals surface area contributed by atoms with Crippen molar-refractivity contribution in [1.82, 2.24) is 10.2 Å². The molecule has 5 heteroatoms. The molecule has 4 nitrogen and oxygen atoms in total. The monoisotopic (exact) mass is 395 g/mol. The summed E-state index contributed by atoms with van der Waals surface area (Å²) in [7, 11) is 2.10. The third-order valence-electron chi connectivity index (χ3n) is 3.81. The Morgan fingerprint density at radius 1 is 1.25 bits per heavy atom. The van der Waals surface area contributed by atoms with Gasteiger partial charge in [0.1, 0.15) is 0 Å². The van der Waals surface area contributed by atoms with Crippen LogP contribution in [0.1, 0.15) is 39.0 Å². The summed E-state index contributed by atoms with van der Waals surface area (Å²) < 4.78 is 5.68. The molecule has 0 aliphatic heterocycles. The van der Waals surface area contributed by atoms with Crippen LogP contribution in [0.2, 0.25) is 0 Å². The lowest BCUT2D eigenvalue weighted by Gasteiger charge is -2.22. The number of guanidine groups is 1. The van der Waals surface area contributed by atoms with Crippen LogP contribution in [0.3, 0.4) is 0 Å². The molecule has 0 spiro atoms. The molecule has 0 unspecified atom stereocenters. The number of likely N-dealkylation sites (N-methyl/N-ethyl adjacent to an activating group) is 1. The molecule has 0 heterocycles. The number of nitrogens with one attached hydrogen (secondary N) is 1. The van der Waals surface area contributed by atoms with Crippen LogP contribution < -0.4 is 5.32 Å². The molecule has 0 radical (unpaired) electrons. The third-order valence-corrected chi connectivity index (χ3v) is 3.81. The first-order valence-electron chi connectivity index (χ1n) is 7.86. The van der Waals surface area contributed by atoms with Crippen LogP contribution in [0.4, 0.5) is 0 Å². The topological polar surface area (TPSA) is 36.9 Å². The number of ether oxygens (including phenoxy) is 1. The Bertz CT molecular complexity index is 291. The van der Waals surface area contributed by atoms with Gasteiger partial charge in [-0.2, -0.15) is 0 Å². The Morgan fingerprint density at radius 2 is 1.95 bits per heavy atom. The van der Waals surface area contributed by atoms with E-state index in [-0.39, 0.29) is 24.0 Å². The van der Waals surface area contributed by atoms with E-state index in [1.54, 1.807) is 0 Å². The first kappa shape index (κ1) is 18.0. The van der Waals surface area contributed by atoms with Crippen LogP contribution in [-0.2, 0) is 4.74 Å². The SMILES string of the molecule is CCNC(=NCCC1CC1)N(C)CCOCC1CC1.I. The fraction of sp³-hybridized carbons (Fsp3) is 0.933. The third kappa shape index (κ3) is 7.67. The van der Waals surface area contributed by atoms with Gasteiger partial charge < -0.3 is 15.0 Å². The summed E-state index contributed by atoms with van der Waals surface area (Å²) in [5, 5.41) is 3.36. The minimum Gasteiger partial charge on any atom is -0.379 e. The van der Waals surface area contributed by atoms with Gasteiger partial charge in [-0.3, -0.25) is 4.99 Å². The molecule has 0 bridgehead atoms. The Labute approximate surface area is 140 Å². The molecular weight excluding hydrogens is 365 g/mol. The highest BCUT2D eigenvalue weighted by Gasteiger charge is 2.21. The second kappa shape index (κ2) is 9.82. The van der Waals surface area contributed by atoms with E-state index in [0.29, 0.717) is 0 Å². The highest BCUT2D eigenvalue weighted by molar-refractivity contribution is 14.0. The van der Waals surface area contributed by atoms with Crippen LogP contribution >= 0.6 is 24.0 Å². The van der Waals surface area contributed by atoms with Gasteiger partial charge in [0.15, 0.2) is 5.96 Å². The van der Waals surface area contributed by atoms with Gasteiger partial charge in [-0.05, 0) is 38.0 Å². The van der Waals surface area contributed by atoms with Crippen molar-refractivity contribution in [3.8, 4) is 0 Å². The summed E-state index contributed by atoms with van der Waals surface area (Å²) in [5.41, 5.74) is 0. The summed E-state index contributed by atoms with van der Waals surface area (Å²) in [5.74, 6) is 2.84. The van der Waals surface area contributed by atoms with Crippen LogP contribution in [0.15, 0.2) is 4.99 Å². The predicted octanol–water partition coefficient (Wildman–Crippen LogP) is 2.73. The van der Waals surface area contributed by atoms with Gasteiger partial charge in [0.2, 0.25) is 0 Å². The molecule has 2 saturated carbocycles. The van der Waals surface area contributed by atoms with Gasteiger partial charge in [0.25, 0.3) is 0 Å². The Morgan fingerprint density at radius 3 is 2.55 bits per heavy atom. The van der Waals surface area contributed by atoms with Gasteiger partial charge in [-0.25, -0.2) is 0 Å². The number of hydrogen-bond acceptors (Lipinski definition) is 2. The zero-order valence-corrected chi connectivity index (χ0v) is 15.3. The van der Waals surface area contributed by atoms with E-state index in [9.17, 15) is 0 Å². The Kier molecular flexibility index (Phi) is 8.84. The standard InChI is InChI=1S/C15H29N3O.HI/c1-3-16-15(17-9-8-13-4-5-13)18(2)10-11-19-12-14-6-7-14;/h13-14H,3-12H2,1-2H3,(H,16,17);1H. The molecule has 0 aromatic rings. The van der Waals surface area contributed by atoms with Gasteiger partial charge >= 0.3 is 0 Å². The minimum absolute atomic E-state index is 0. The molecule has 0 amide bonds. The van der Waals surface area contributed by atoms with E-state index in [1.807, 2.05) is 0 Å². The summed E-state index contributed by atoms with van der Waals surface area (Å²) in [6.45, 7) is 6.68. The van der Waals surface area contributed by atoms with Gasteiger partial charge in [-0.15, -0.1) is 24.0 Å². The molecule has 0 atom stereocenters. The van der Waals surface area contributed by atoms with Crippen molar-refractivity contribution in [2.24, 2.45) is 16.8 Å². The minimum atomic E-state index is 0. The van der Waals surface area contributed by atoms with Crippen LogP contribution in [0.5, 0.6) is 0 Å². The van der Waals surface area contributed by atoms with Crippen molar-refractivity contribution in [1.29, 1.82) is 0 Å². The summed E-state index contributed by atoms with van der Waals surface area (Å²) in [4.78, 5) is 6.88. The van der Waals surface area contributed by atoms with E-state index in [0.717, 1.165) is 50.6 Å². The predicted molar refractivity (Wildman–Crippen MR) is 94.9 cm³/mol. The maximum Gasteiger partial charge on any atom is 0.193 e. The maximum atomic E-state index is 5.68. The van der Waals surface area contributed by atoms with Crippen LogP contribution in [0, 0.1) is 11.8 Å². The van der Waals surface area contributed by atoms with E-state index >= 15 is 0 Å². The van der Waals surface area contributed by atoms with E-state index in [4.69, 9.17) is 9.73 Å². The number of hydrogen-bond donors (Lipinski definition) is 1. The fourth-order valence-electron chi connectivity index (χ4n) is 2.07. The summed E-state index contributed by atoms with van der Waals surface area (Å²) in [6.07, 6.45) is 6.80. The molecule has 2 aliphatic rings. The highest BCUT2D eigenvalue weighted by Crippen LogP contribution is 2.32. The number of halogens is 1. The van der Waals surface area contributed by atoms with E-state index < -0.39 is 0 Å². The van der Waals surface area contributed by atoms with Crippen molar-refractivity contribution in [3.63, 3.8) is 0 Å². The smallest absolute Gasteiger partial charge is 0.193 e. The fourth-order valence-corrected chi connectivity index (χ4v) is 2.07. The zero-order valence-electron chi connectivity index (χ0n) is 12.9. The van der Waals surface area contributed by atoms with E-state index in [1.165, 1.54) is 32.1 Å². The number of aliphatic imine (C=N–C) groups is 1. The average Bonchev–Trinajstić information content (AvgIpc) is 3.26. The summed E-state index contributed by atoms with van der Waals surface area (Å²) in [6, 6.07) is 0. The van der Waals surface area contributed by atoms with Crippen molar-refractivity contribution in [2.45, 2.75) is 39.0 Å². The molecule has 1 N–H and O–H groups in total. The largest absolute Gasteiger partial charge is 0.379 e. The molecule has 2 rings (SSSR count). The molecular formula is C15H30IN3O. The lowest BCUT2D eigenvalue weighted by molar-refractivity contribution is 0.115. The Hall–Kier alpha value is -0.0400. The second-order valence-electron chi connectivity index (χ2n) is 5.91. The number of rotatable bonds is 9. The van der Waals surface area contributed by atoms with E-state index in [2.05, 4.69) is 24.2 Å². The lowest BCUT2D eigenvalue weighted by Crippen LogP contribution is -2.40. The molecule has 20 heavy (non-hydrogen) atoms. The van der Waals surface area contributed by atoms with Gasteiger partial charge in [-0.1, -0.05) is 12.8 Å².